The van der Waals surface area contributed by atoms with Crippen LogP contribution < -0.4 is 5.11 Å². The molecule has 7 heteroatoms. The third-order valence-corrected chi connectivity index (χ3v) is 7.95. The molecule has 0 aromatic rings. The van der Waals surface area contributed by atoms with Crippen molar-refractivity contribution in [2.75, 3.05) is 26.2 Å². The second kappa shape index (κ2) is 27.3. The Balaban J connectivity index is 4.17. The zero-order valence-electron chi connectivity index (χ0n) is 25.7. The summed E-state index contributed by atoms with van der Waals surface area (Å²) in [5.41, 5.74) is 0. The first-order valence-electron chi connectivity index (χ1n) is 16.4. The SMILES string of the molecule is CCCCCCCCCCCCC/C=C/CCCCCC[N+](CCCC(=O)[O-])(CCCC(=O)O)CCCC(=O)O. The van der Waals surface area contributed by atoms with E-state index in [9.17, 15) is 19.5 Å². The molecule has 0 saturated heterocycles. The summed E-state index contributed by atoms with van der Waals surface area (Å²) in [7, 11) is 0. The fourth-order valence-electron chi connectivity index (χ4n) is 5.59. The summed E-state index contributed by atoms with van der Waals surface area (Å²) in [5.74, 6) is -2.75. The number of hydrogen-bond acceptors (Lipinski definition) is 4. The third kappa shape index (κ3) is 26.3. The molecule has 7 nitrogen and oxygen atoms in total. The van der Waals surface area contributed by atoms with Crippen LogP contribution in [-0.4, -0.2) is 58.8 Å². The second-order valence-corrected chi connectivity index (χ2v) is 11.7. The monoisotopic (exact) mass is 567 g/mol. The maximum Gasteiger partial charge on any atom is 0.303 e. The lowest BCUT2D eigenvalue weighted by Crippen LogP contribution is -2.51. The smallest absolute Gasteiger partial charge is 0.303 e. The van der Waals surface area contributed by atoms with Crippen LogP contribution in [-0.2, 0) is 14.4 Å². The molecule has 0 atom stereocenters. The van der Waals surface area contributed by atoms with Crippen LogP contribution in [0.5, 0.6) is 0 Å². The highest BCUT2D eigenvalue weighted by Gasteiger charge is 2.26. The van der Waals surface area contributed by atoms with Crippen LogP contribution in [0.2, 0.25) is 0 Å². The summed E-state index contributed by atoms with van der Waals surface area (Å²) in [6.45, 7) is 5.00. The van der Waals surface area contributed by atoms with Crippen LogP contribution >= 0.6 is 0 Å². The zero-order chi connectivity index (χ0) is 29.7. The van der Waals surface area contributed by atoms with Crippen molar-refractivity contribution in [3.63, 3.8) is 0 Å². The van der Waals surface area contributed by atoms with Crippen molar-refractivity contribution >= 4 is 17.9 Å². The van der Waals surface area contributed by atoms with E-state index in [2.05, 4.69) is 19.1 Å². The van der Waals surface area contributed by atoms with Crippen molar-refractivity contribution in [3.8, 4) is 0 Å². The average molecular weight is 568 g/mol. The van der Waals surface area contributed by atoms with E-state index in [1.165, 1.54) is 77.0 Å². The quantitative estimate of drug-likeness (QED) is 0.0517. The standard InChI is InChI=1S/C33H61NO6/c1-2-3-4-5-6-7-8-9-10-11-12-13-14-15-16-17-18-19-20-27-34(28-21-24-31(35)36,29-22-25-32(37)38)30-23-26-33(39)40/h14-15H,2-13,16-30H2,1H3,(H2-,35,36,37,38,39,40)/b15-14+. The summed E-state index contributed by atoms with van der Waals surface area (Å²) < 4.78 is 0.604. The van der Waals surface area contributed by atoms with Gasteiger partial charge in [0.15, 0.2) is 0 Å². The van der Waals surface area contributed by atoms with Crippen LogP contribution in [0.1, 0.15) is 155 Å². The molecule has 234 valence electrons. The van der Waals surface area contributed by atoms with E-state index in [1.54, 1.807) is 0 Å². The fraction of sp³-hybridized carbons (Fsp3) is 0.848. The Morgan fingerprint density at radius 2 is 0.875 bits per heavy atom. The lowest BCUT2D eigenvalue weighted by atomic mass is 10.0. The minimum absolute atomic E-state index is 0.0244. The molecule has 0 amide bonds. The van der Waals surface area contributed by atoms with Gasteiger partial charge in [-0.3, -0.25) is 9.59 Å². The minimum atomic E-state index is -1.08. The van der Waals surface area contributed by atoms with E-state index in [0.29, 0.717) is 43.4 Å². The van der Waals surface area contributed by atoms with Crippen molar-refractivity contribution in [1.29, 1.82) is 0 Å². The van der Waals surface area contributed by atoms with Gasteiger partial charge in [-0.2, -0.15) is 0 Å². The van der Waals surface area contributed by atoms with Crippen molar-refractivity contribution < 1.29 is 34.2 Å². The molecular weight excluding hydrogens is 506 g/mol. The number of unbranched alkanes of at least 4 members (excludes halogenated alkanes) is 15. The van der Waals surface area contributed by atoms with E-state index < -0.39 is 17.9 Å². The summed E-state index contributed by atoms with van der Waals surface area (Å²) in [6.07, 6.45) is 28.0. The molecule has 0 aliphatic heterocycles. The van der Waals surface area contributed by atoms with Gasteiger partial charge in [-0.1, -0.05) is 89.7 Å². The third-order valence-electron chi connectivity index (χ3n) is 7.95. The number of carbonyl (C=O) groups excluding carboxylic acids is 1. The van der Waals surface area contributed by atoms with Crippen molar-refractivity contribution in [3.05, 3.63) is 12.2 Å². The van der Waals surface area contributed by atoms with Gasteiger partial charge < -0.3 is 24.6 Å². The van der Waals surface area contributed by atoms with Gasteiger partial charge >= 0.3 is 11.9 Å². The van der Waals surface area contributed by atoms with Crippen molar-refractivity contribution in [2.24, 2.45) is 0 Å². The van der Waals surface area contributed by atoms with Crippen LogP contribution in [0.25, 0.3) is 0 Å². The number of allylic oxidation sites excluding steroid dienone is 2. The highest BCUT2D eigenvalue weighted by Crippen LogP contribution is 2.18. The molecule has 0 saturated carbocycles. The number of carboxylic acids is 3. The van der Waals surface area contributed by atoms with Gasteiger partial charge in [-0.15, -0.1) is 0 Å². The predicted molar refractivity (Wildman–Crippen MR) is 161 cm³/mol. The molecule has 0 unspecified atom stereocenters. The minimum Gasteiger partial charge on any atom is -0.550 e. The molecule has 0 spiro atoms. The van der Waals surface area contributed by atoms with Crippen LogP contribution in [0.3, 0.4) is 0 Å². The maximum atomic E-state index is 11.1. The number of aliphatic carboxylic acids is 3. The van der Waals surface area contributed by atoms with E-state index >= 15 is 0 Å². The molecule has 40 heavy (non-hydrogen) atoms. The number of hydrogen-bond donors (Lipinski definition) is 2. The summed E-state index contributed by atoms with van der Waals surface area (Å²) in [5, 5.41) is 29.1. The first kappa shape index (κ1) is 38.1. The molecule has 0 radical (unpaired) electrons. The highest BCUT2D eigenvalue weighted by atomic mass is 16.4. The number of carbonyl (C=O) groups is 3. The molecule has 0 heterocycles. The number of nitrogens with zero attached hydrogens (tertiary/aromatic N) is 1. The largest absolute Gasteiger partial charge is 0.550 e. The Morgan fingerprint density at radius 1 is 0.525 bits per heavy atom. The van der Waals surface area contributed by atoms with Gasteiger partial charge in [0.05, 0.1) is 39.0 Å². The van der Waals surface area contributed by atoms with Crippen molar-refractivity contribution in [1.82, 2.24) is 0 Å². The lowest BCUT2D eigenvalue weighted by molar-refractivity contribution is -0.929. The molecule has 0 aromatic carbocycles. The topological polar surface area (TPSA) is 115 Å². The van der Waals surface area contributed by atoms with Gasteiger partial charge in [-0.05, 0) is 44.9 Å². The van der Waals surface area contributed by atoms with Gasteiger partial charge in [0.25, 0.3) is 0 Å². The molecule has 2 N–H and O–H groups in total. The molecule has 0 fully saturated rings. The Kier molecular flexibility index (Phi) is 26.0. The van der Waals surface area contributed by atoms with E-state index in [0.717, 1.165) is 38.6 Å². The molecule has 0 bridgehead atoms. The van der Waals surface area contributed by atoms with Crippen LogP contribution in [0.4, 0.5) is 0 Å². The molecule has 0 aromatic heterocycles. The molecular formula is C33H61NO6. The normalized spacial score (nSPS) is 11.8. The number of quaternary nitrogens is 1. The Hall–Kier alpha value is -1.89. The Morgan fingerprint density at radius 3 is 1.27 bits per heavy atom. The van der Waals surface area contributed by atoms with Gasteiger partial charge in [0.1, 0.15) is 0 Å². The number of carboxylic acid groups (broad SMARTS) is 3. The number of rotatable bonds is 31. The molecule has 0 rings (SSSR count). The molecule has 0 aliphatic carbocycles. The average Bonchev–Trinajstić information content (AvgIpc) is 2.89. The first-order chi connectivity index (χ1) is 19.3. The zero-order valence-corrected chi connectivity index (χ0v) is 25.7. The summed E-state index contributed by atoms with van der Waals surface area (Å²) >= 11 is 0. The molecule has 0 aliphatic rings. The summed E-state index contributed by atoms with van der Waals surface area (Å²) in [6, 6.07) is 0. The highest BCUT2D eigenvalue weighted by molar-refractivity contribution is 5.66. The first-order valence-corrected chi connectivity index (χ1v) is 16.4. The Labute approximate surface area is 245 Å². The second-order valence-electron chi connectivity index (χ2n) is 11.7. The van der Waals surface area contributed by atoms with E-state index in [1.807, 2.05) is 0 Å². The fourth-order valence-corrected chi connectivity index (χ4v) is 5.59. The van der Waals surface area contributed by atoms with Crippen molar-refractivity contribution in [2.45, 2.75) is 155 Å². The maximum absolute atomic E-state index is 11.1. The lowest BCUT2D eigenvalue weighted by Gasteiger charge is -2.39. The summed E-state index contributed by atoms with van der Waals surface area (Å²) in [4.78, 5) is 33.1. The van der Waals surface area contributed by atoms with Gasteiger partial charge in [-0.25, -0.2) is 0 Å². The predicted octanol–water partition coefficient (Wildman–Crippen LogP) is 7.27. The van der Waals surface area contributed by atoms with Crippen LogP contribution in [0.15, 0.2) is 12.2 Å². The van der Waals surface area contributed by atoms with Crippen LogP contribution in [0, 0.1) is 0 Å². The van der Waals surface area contributed by atoms with Gasteiger partial charge in [0, 0.05) is 25.2 Å². The van der Waals surface area contributed by atoms with E-state index in [4.69, 9.17) is 10.2 Å². The van der Waals surface area contributed by atoms with Gasteiger partial charge in [0.2, 0.25) is 0 Å². The van der Waals surface area contributed by atoms with E-state index in [-0.39, 0.29) is 19.3 Å². The Bertz CT molecular complexity index is 613.